The lowest BCUT2D eigenvalue weighted by Gasteiger charge is -2.10. The molecule has 1 atom stereocenters. The van der Waals surface area contributed by atoms with E-state index in [1.807, 2.05) is 31.2 Å². The van der Waals surface area contributed by atoms with Crippen LogP contribution in [0.4, 0.5) is 4.39 Å². The molecule has 0 heterocycles. The Morgan fingerprint density at radius 1 is 1.17 bits per heavy atom. The molecule has 0 aliphatic heterocycles. The van der Waals surface area contributed by atoms with E-state index in [1.165, 1.54) is 6.07 Å². The summed E-state index contributed by atoms with van der Waals surface area (Å²) in [7, 11) is 0. The first kappa shape index (κ1) is 13.1. The first-order chi connectivity index (χ1) is 8.61. The van der Waals surface area contributed by atoms with Crippen molar-refractivity contribution in [3.8, 4) is 11.1 Å². The van der Waals surface area contributed by atoms with E-state index in [4.69, 9.17) is 17.3 Å². The third kappa shape index (κ3) is 2.71. The zero-order valence-corrected chi connectivity index (χ0v) is 10.9. The van der Waals surface area contributed by atoms with Gasteiger partial charge >= 0.3 is 0 Å². The molecule has 0 saturated heterocycles. The van der Waals surface area contributed by atoms with Crippen LogP contribution < -0.4 is 5.73 Å². The highest BCUT2D eigenvalue weighted by atomic mass is 35.5. The first-order valence-corrected chi connectivity index (χ1v) is 6.30. The summed E-state index contributed by atoms with van der Waals surface area (Å²) in [6, 6.07) is 12.4. The topological polar surface area (TPSA) is 26.0 Å². The number of hydrogen-bond acceptors (Lipinski definition) is 1. The molecule has 1 nitrogen and oxygen atoms in total. The fourth-order valence-corrected chi connectivity index (χ4v) is 2.03. The Morgan fingerprint density at radius 2 is 1.83 bits per heavy atom. The lowest BCUT2D eigenvalue weighted by atomic mass is 10.00. The fourth-order valence-electron chi connectivity index (χ4n) is 1.87. The summed E-state index contributed by atoms with van der Waals surface area (Å²) in [6.45, 7) is 2.04. The van der Waals surface area contributed by atoms with Gasteiger partial charge in [-0.3, -0.25) is 0 Å². The van der Waals surface area contributed by atoms with E-state index in [9.17, 15) is 4.39 Å². The third-order valence-corrected chi connectivity index (χ3v) is 3.26. The Bertz CT molecular complexity index is 537. The summed E-state index contributed by atoms with van der Waals surface area (Å²) in [6.07, 6.45) is 0.884. The smallest absolute Gasteiger partial charge is 0.132 e. The molecule has 1 unspecified atom stereocenters. The minimum absolute atomic E-state index is 0.0362. The van der Waals surface area contributed by atoms with Crippen LogP contribution in [0.5, 0.6) is 0 Å². The molecule has 18 heavy (non-hydrogen) atoms. The molecule has 2 aromatic rings. The van der Waals surface area contributed by atoms with Crippen LogP contribution in [0.15, 0.2) is 42.5 Å². The van der Waals surface area contributed by atoms with E-state index in [0.717, 1.165) is 17.5 Å². The summed E-state index contributed by atoms with van der Waals surface area (Å²) in [5.74, 6) is -0.310. The quantitative estimate of drug-likeness (QED) is 0.863. The summed E-state index contributed by atoms with van der Waals surface area (Å²) in [5, 5.41) is 0.404. The standard InChI is InChI=1S/C15H15ClFN/c1-2-15(18)11-5-3-10(4-6-11)13-8-7-12(16)9-14(13)17/h3-9,15H,2,18H2,1H3. The minimum Gasteiger partial charge on any atom is -0.324 e. The van der Waals surface area contributed by atoms with Crippen molar-refractivity contribution in [2.24, 2.45) is 5.73 Å². The lowest BCUT2D eigenvalue weighted by Crippen LogP contribution is -2.08. The highest BCUT2D eigenvalue weighted by Crippen LogP contribution is 2.26. The Morgan fingerprint density at radius 3 is 2.39 bits per heavy atom. The van der Waals surface area contributed by atoms with Crippen LogP contribution >= 0.6 is 11.6 Å². The normalized spacial score (nSPS) is 12.4. The van der Waals surface area contributed by atoms with Crippen LogP contribution in [0.2, 0.25) is 5.02 Å². The number of benzene rings is 2. The molecule has 3 heteroatoms. The molecule has 0 amide bonds. The van der Waals surface area contributed by atoms with E-state index in [2.05, 4.69) is 0 Å². The maximum Gasteiger partial charge on any atom is 0.132 e. The van der Waals surface area contributed by atoms with Gasteiger partial charge in [-0.25, -0.2) is 4.39 Å². The largest absolute Gasteiger partial charge is 0.324 e. The summed E-state index contributed by atoms with van der Waals surface area (Å²) < 4.78 is 13.8. The predicted molar refractivity (Wildman–Crippen MR) is 74.1 cm³/mol. The van der Waals surface area contributed by atoms with Crippen LogP contribution in [0.1, 0.15) is 24.9 Å². The van der Waals surface area contributed by atoms with Gasteiger partial charge < -0.3 is 5.73 Å². The van der Waals surface area contributed by atoms with Gasteiger partial charge in [-0.15, -0.1) is 0 Å². The molecule has 0 aliphatic carbocycles. The van der Waals surface area contributed by atoms with Crippen molar-refractivity contribution in [1.82, 2.24) is 0 Å². The van der Waals surface area contributed by atoms with Crippen LogP contribution in [0.25, 0.3) is 11.1 Å². The molecule has 0 saturated carbocycles. The molecule has 94 valence electrons. The zero-order valence-electron chi connectivity index (χ0n) is 10.2. The predicted octanol–water partition coefficient (Wildman–Crippen LogP) is 4.56. The second-order valence-corrected chi connectivity index (χ2v) is 4.70. The Kier molecular flexibility index (Phi) is 4.00. The summed E-state index contributed by atoms with van der Waals surface area (Å²) in [4.78, 5) is 0. The van der Waals surface area contributed by atoms with Crippen molar-refractivity contribution in [2.45, 2.75) is 19.4 Å². The minimum atomic E-state index is -0.310. The van der Waals surface area contributed by atoms with E-state index in [1.54, 1.807) is 12.1 Å². The van der Waals surface area contributed by atoms with Gasteiger partial charge in [0.25, 0.3) is 0 Å². The van der Waals surface area contributed by atoms with E-state index >= 15 is 0 Å². The van der Waals surface area contributed by atoms with Gasteiger partial charge in [0, 0.05) is 16.6 Å². The zero-order chi connectivity index (χ0) is 13.1. The highest BCUT2D eigenvalue weighted by molar-refractivity contribution is 6.30. The second-order valence-electron chi connectivity index (χ2n) is 4.26. The number of hydrogen-bond donors (Lipinski definition) is 1. The molecule has 2 aromatic carbocycles. The maximum absolute atomic E-state index is 13.8. The van der Waals surface area contributed by atoms with Crippen molar-refractivity contribution < 1.29 is 4.39 Å². The Balaban J connectivity index is 2.34. The second kappa shape index (κ2) is 5.51. The molecule has 0 radical (unpaired) electrons. The molecule has 0 aliphatic rings. The molecule has 0 bridgehead atoms. The first-order valence-electron chi connectivity index (χ1n) is 5.92. The van der Waals surface area contributed by atoms with Crippen molar-refractivity contribution in [3.63, 3.8) is 0 Å². The van der Waals surface area contributed by atoms with Crippen molar-refractivity contribution >= 4 is 11.6 Å². The van der Waals surface area contributed by atoms with Gasteiger partial charge in [-0.2, -0.15) is 0 Å². The molecule has 2 rings (SSSR count). The SMILES string of the molecule is CCC(N)c1ccc(-c2ccc(Cl)cc2F)cc1. The average Bonchev–Trinajstić information content (AvgIpc) is 2.38. The van der Waals surface area contributed by atoms with E-state index in [0.29, 0.717) is 10.6 Å². The molecule has 0 spiro atoms. The molecular formula is C15H15ClFN. The molecule has 0 fully saturated rings. The van der Waals surface area contributed by atoms with Gasteiger partial charge in [-0.05, 0) is 35.7 Å². The highest BCUT2D eigenvalue weighted by Gasteiger charge is 2.07. The van der Waals surface area contributed by atoms with Crippen LogP contribution in [-0.4, -0.2) is 0 Å². The molecular weight excluding hydrogens is 249 g/mol. The van der Waals surface area contributed by atoms with Crippen LogP contribution in [0.3, 0.4) is 0 Å². The van der Waals surface area contributed by atoms with Gasteiger partial charge in [0.05, 0.1) is 0 Å². The average molecular weight is 264 g/mol. The van der Waals surface area contributed by atoms with Crippen molar-refractivity contribution in [3.05, 3.63) is 58.9 Å². The summed E-state index contributed by atoms with van der Waals surface area (Å²) in [5.41, 5.74) is 8.39. The van der Waals surface area contributed by atoms with E-state index < -0.39 is 0 Å². The van der Waals surface area contributed by atoms with Gasteiger partial charge in [0.2, 0.25) is 0 Å². The van der Waals surface area contributed by atoms with E-state index in [-0.39, 0.29) is 11.9 Å². The third-order valence-electron chi connectivity index (χ3n) is 3.02. The lowest BCUT2D eigenvalue weighted by molar-refractivity contribution is 0.631. The van der Waals surface area contributed by atoms with Crippen molar-refractivity contribution in [2.75, 3.05) is 0 Å². The van der Waals surface area contributed by atoms with Crippen LogP contribution in [-0.2, 0) is 0 Å². The number of halogens is 2. The number of nitrogens with two attached hydrogens (primary N) is 1. The fraction of sp³-hybridized carbons (Fsp3) is 0.200. The Labute approximate surface area is 111 Å². The molecule has 2 N–H and O–H groups in total. The van der Waals surface area contributed by atoms with Crippen LogP contribution in [0, 0.1) is 5.82 Å². The van der Waals surface area contributed by atoms with Gasteiger partial charge in [0.1, 0.15) is 5.82 Å². The monoisotopic (exact) mass is 263 g/mol. The molecule has 0 aromatic heterocycles. The van der Waals surface area contributed by atoms with Gasteiger partial charge in [-0.1, -0.05) is 42.8 Å². The number of rotatable bonds is 3. The van der Waals surface area contributed by atoms with Gasteiger partial charge in [0.15, 0.2) is 0 Å². The maximum atomic E-state index is 13.8. The summed E-state index contributed by atoms with van der Waals surface area (Å²) >= 11 is 5.73. The van der Waals surface area contributed by atoms with Crippen molar-refractivity contribution in [1.29, 1.82) is 0 Å². The Hall–Kier alpha value is -1.38.